The molecule has 0 aliphatic heterocycles. The van der Waals surface area contributed by atoms with Crippen molar-refractivity contribution >= 4 is 11.3 Å². The predicted molar refractivity (Wildman–Crippen MR) is 112 cm³/mol. The van der Waals surface area contributed by atoms with Crippen LogP contribution in [0.15, 0.2) is 47.2 Å². The Morgan fingerprint density at radius 3 is 2.87 bits per heavy atom. The number of alkyl halides is 2. The molecular weight excluding hydrogens is 402 g/mol. The highest BCUT2D eigenvalue weighted by Gasteiger charge is 2.48. The number of nitrogens with zero attached hydrogens (tertiary/aromatic N) is 4. The summed E-state index contributed by atoms with van der Waals surface area (Å²) < 4.78 is 33.5. The summed E-state index contributed by atoms with van der Waals surface area (Å²) in [5.74, 6) is -2.32. The number of hydrogen-bond donors (Lipinski definition) is 2. The average molecular weight is 424 g/mol. The van der Waals surface area contributed by atoms with Crippen LogP contribution in [0.2, 0.25) is 0 Å². The van der Waals surface area contributed by atoms with E-state index in [1.165, 1.54) is 0 Å². The Morgan fingerprint density at radius 1 is 1.26 bits per heavy atom. The summed E-state index contributed by atoms with van der Waals surface area (Å²) in [6.07, 6.45) is 3.36. The molecule has 5 rings (SSSR count). The first-order chi connectivity index (χ1) is 14.9. The fraction of sp³-hybridized carbons (Fsp3) is 0.318. The molecule has 1 aliphatic rings. The molecule has 0 spiro atoms. The van der Waals surface area contributed by atoms with Gasteiger partial charge in [0, 0.05) is 42.8 Å². The monoisotopic (exact) mass is 424 g/mol. The SMILES string of the molecule is Cc1ccc(-c2noc(C3CC(F)(F)C3)n2)cc1NCc1cnc2ccc(CN)cn12. The highest BCUT2D eigenvalue weighted by atomic mass is 19.3. The lowest BCUT2D eigenvalue weighted by atomic mass is 9.81. The molecule has 160 valence electrons. The Balaban J connectivity index is 1.34. The second-order valence-electron chi connectivity index (χ2n) is 8.02. The molecule has 31 heavy (non-hydrogen) atoms. The summed E-state index contributed by atoms with van der Waals surface area (Å²) >= 11 is 0. The van der Waals surface area contributed by atoms with Gasteiger partial charge in [-0.2, -0.15) is 4.98 Å². The smallest absolute Gasteiger partial charge is 0.249 e. The van der Waals surface area contributed by atoms with Crippen LogP contribution in [-0.4, -0.2) is 25.4 Å². The first kappa shape index (κ1) is 19.6. The molecule has 0 amide bonds. The van der Waals surface area contributed by atoms with Crippen LogP contribution in [0.25, 0.3) is 17.0 Å². The van der Waals surface area contributed by atoms with Crippen molar-refractivity contribution in [2.75, 3.05) is 5.32 Å². The Hall–Kier alpha value is -3.33. The van der Waals surface area contributed by atoms with Gasteiger partial charge in [0.1, 0.15) is 5.65 Å². The number of fused-ring (bicyclic) bond motifs is 1. The second-order valence-corrected chi connectivity index (χ2v) is 8.02. The maximum atomic E-state index is 13.1. The molecular formula is C22H22F2N6O. The van der Waals surface area contributed by atoms with E-state index in [0.29, 0.717) is 18.9 Å². The Labute approximate surface area is 177 Å². The van der Waals surface area contributed by atoms with Crippen molar-refractivity contribution in [3.63, 3.8) is 0 Å². The van der Waals surface area contributed by atoms with Gasteiger partial charge in [-0.25, -0.2) is 13.8 Å². The summed E-state index contributed by atoms with van der Waals surface area (Å²) in [6, 6.07) is 9.72. The van der Waals surface area contributed by atoms with Crippen molar-refractivity contribution in [3.05, 3.63) is 65.4 Å². The zero-order valence-electron chi connectivity index (χ0n) is 17.0. The molecule has 3 aromatic heterocycles. The summed E-state index contributed by atoms with van der Waals surface area (Å²) in [5.41, 5.74) is 11.4. The lowest BCUT2D eigenvalue weighted by Crippen LogP contribution is -2.33. The molecule has 3 N–H and O–H groups in total. The molecule has 1 saturated carbocycles. The summed E-state index contributed by atoms with van der Waals surface area (Å²) in [7, 11) is 0. The second kappa shape index (κ2) is 7.42. The number of pyridine rings is 1. The largest absolute Gasteiger partial charge is 0.379 e. The number of halogens is 2. The van der Waals surface area contributed by atoms with Gasteiger partial charge in [-0.05, 0) is 30.2 Å². The van der Waals surface area contributed by atoms with Crippen molar-refractivity contribution in [3.8, 4) is 11.4 Å². The third-order valence-corrected chi connectivity index (χ3v) is 5.72. The van der Waals surface area contributed by atoms with E-state index in [0.717, 1.165) is 33.7 Å². The third-order valence-electron chi connectivity index (χ3n) is 5.72. The van der Waals surface area contributed by atoms with E-state index in [9.17, 15) is 8.78 Å². The molecule has 3 heterocycles. The van der Waals surface area contributed by atoms with Gasteiger partial charge in [0.2, 0.25) is 17.6 Å². The molecule has 0 bridgehead atoms. The lowest BCUT2D eigenvalue weighted by Gasteiger charge is -2.31. The van der Waals surface area contributed by atoms with Crippen LogP contribution in [0.5, 0.6) is 0 Å². The number of aromatic nitrogens is 4. The van der Waals surface area contributed by atoms with Crippen molar-refractivity contribution in [1.82, 2.24) is 19.5 Å². The molecule has 7 nitrogen and oxygen atoms in total. The minimum Gasteiger partial charge on any atom is -0.379 e. The van der Waals surface area contributed by atoms with Crippen LogP contribution < -0.4 is 11.1 Å². The Bertz CT molecular complexity index is 1240. The van der Waals surface area contributed by atoms with Gasteiger partial charge in [0.05, 0.1) is 18.4 Å². The van der Waals surface area contributed by atoms with Gasteiger partial charge in [-0.1, -0.05) is 23.4 Å². The summed E-state index contributed by atoms with van der Waals surface area (Å²) in [6.45, 7) is 3.03. The number of nitrogens with two attached hydrogens (primary N) is 1. The van der Waals surface area contributed by atoms with E-state index in [-0.39, 0.29) is 24.7 Å². The van der Waals surface area contributed by atoms with Gasteiger partial charge >= 0.3 is 0 Å². The van der Waals surface area contributed by atoms with Crippen molar-refractivity contribution in [2.45, 2.75) is 44.7 Å². The minimum atomic E-state index is -2.62. The molecule has 1 aliphatic carbocycles. The standard InChI is InChI=1S/C22H22F2N6O/c1-13-2-4-15(20-28-21(31-29-20)16-7-22(23,24)8-16)6-18(13)26-10-17-11-27-19-5-3-14(9-25)12-30(17)19/h2-6,11-12,16,26H,7-10,25H2,1H3. The van der Waals surface area contributed by atoms with Crippen LogP contribution in [0, 0.1) is 6.92 Å². The fourth-order valence-electron chi connectivity index (χ4n) is 3.82. The van der Waals surface area contributed by atoms with E-state index < -0.39 is 5.92 Å². The molecule has 9 heteroatoms. The molecule has 1 aromatic carbocycles. The van der Waals surface area contributed by atoms with Gasteiger partial charge in [-0.15, -0.1) is 0 Å². The van der Waals surface area contributed by atoms with E-state index in [1.807, 2.05) is 54.0 Å². The Morgan fingerprint density at radius 2 is 2.10 bits per heavy atom. The number of nitrogens with one attached hydrogen (secondary N) is 1. The maximum Gasteiger partial charge on any atom is 0.249 e. The molecule has 0 atom stereocenters. The lowest BCUT2D eigenvalue weighted by molar-refractivity contribution is -0.0925. The fourth-order valence-corrected chi connectivity index (χ4v) is 3.82. The first-order valence-electron chi connectivity index (χ1n) is 10.1. The maximum absolute atomic E-state index is 13.1. The van der Waals surface area contributed by atoms with Crippen LogP contribution in [-0.2, 0) is 13.1 Å². The minimum absolute atomic E-state index is 0.236. The summed E-state index contributed by atoms with van der Waals surface area (Å²) in [4.78, 5) is 8.78. The van der Waals surface area contributed by atoms with Crippen LogP contribution >= 0.6 is 0 Å². The molecule has 0 saturated heterocycles. The molecule has 1 fully saturated rings. The van der Waals surface area contributed by atoms with Gasteiger partial charge in [-0.3, -0.25) is 0 Å². The topological polar surface area (TPSA) is 94.3 Å². The zero-order valence-corrected chi connectivity index (χ0v) is 17.0. The van der Waals surface area contributed by atoms with Gasteiger partial charge in [0.15, 0.2) is 0 Å². The van der Waals surface area contributed by atoms with Crippen LogP contribution in [0.1, 0.15) is 41.5 Å². The van der Waals surface area contributed by atoms with Crippen molar-refractivity contribution < 1.29 is 13.3 Å². The van der Waals surface area contributed by atoms with E-state index in [4.69, 9.17) is 10.3 Å². The average Bonchev–Trinajstić information content (AvgIpc) is 3.38. The number of rotatable bonds is 6. The molecule has 0 unspecified atom stereocenters. The van der Waals surface area contributed by atoms with E-state index >= 15 is 0 Å². The van der Waals surface area contributed by atoms with Crippen LogP contribution in [0.4, 0.5) is 14.5 Å². The molecule has 4 aromatic rings. The normalized spacial score (nSPS) is 15.9. The number of aryl methyl sites for hydroxylation is 1. The van der Waals surface area contributed by atoms with Gasteiger partial charge in [0.25, 0.3) is 0 Å². The van der Waals surface area contributed by atoms with E-state index in [2.05, 4.69) is 20.4 Å². The number of anilines is 1. The number of hydrogen-bond acceptors (Lipinski definition) is 6. The number of imidazole rings is 1. The summed E-state index contributed by atoms with van der Waals surface area (Å²) in [5, 5.41) is 7.43. The van der Waals surface area contributed by atoms with Gasteiger partial charge < -0.3 is 20.0 Å². The van der Waals surface area contributed by atoms with E-state index in [1.54, 1.807) is 0 Å². The predicted octanol–water partition coefficient (Wildman–Crippen LogP) is 4.28. The third kappa shape index (κ3) is 3.76. The number of benzene rings is 1. The highest BCUT2D eigenvalue weighted by Crippen LogP contribution is 2.47. The first-order valence-corrected chi connectivity index (χ1v) is 10.1. The highest BCUT2D eigenvalue weighted by molar-refractivity contribution is 5.65. The van der Waals surface area contributed by atoms with Crippen molar-refractivity contribution in [2.24, 2.45) is 5.73 Å². The van der Waals surface area contributed by atoms with Crippen LogP contribution in [0.3, 0.4) is 0 Å². The Kier molecular flexibility index (Phi) is 4.70. The molecule has 0 radical (unpaired) electrons. The van der Waals surface area contributed by atoms with Crippen molar-refractivity contribution in [1.29, 1.82) is 0 Å². The zero-order chi connectivity index (χ0) is 21.6. The quantitative estimate of drug-likeness (QED) is 0.480.